The molecule has 0 fully saturated rings. The van der Waals surface area contributed by atoms with Gasteiger partial charge in [-0.3, -0.25) is 0 Å². The molecule has 0 unspecified atom stereocenters. The first-order valence-corrected chi connectivity index (χ1v) is 10.3. The molecule has 0 heterocycles. The number of hydrogen-bond acceptors (Lipinski definition) is 3. The van der Waals surface area contributed by atoms with Crippen molar-refractivity contribution >= 4 is 14.9 Å². The lowest BCUT2D eigenvalue weighted by Crippen LogP contribution is -2.19. The van der Waals surface area contributed by atoms with Crippen LogP contribution in [0, 0.1) is 6.92 Å². The molecular formula is C25H20O3Si. The van der Waals surface area contributed by atoms with Crippen LogP contribution in [-0.4, -0.2) is 9.76 Å². The molecule has 0 atom stereocenters. The van der Waals surface area contributed by atoms with Crippen molar-refractivity contribution in [3.8, 4) is 28.7 Å². The third-order valence-electron chi connectivity index (χ3n) is 4.13. The number of hydrogen-bond donors (Lipinski definition) is 0. The molecular weight excluding hydrogens is 376 g/mol. The maximum absolute atomic E-state index is 6.02. The fourth-order valence-electron chi connectivity index (χ4n) is 2.78. The van der Waals surface area contributed by atoms with Gasteiger partial charge in [0.25, 0.3) is 0 Å². The summed E-state index contributed by atoms with van der Waals surface area (Å²) in [6, 6.07) is 33.4. The topological polar surface area (TPSA) is 27.7 Å². The zero-order valence-corrected chi connectivity index (χ0v) is 17.0. The Kier molecular flexibility index (Phi) is 5.93. The van der Waals surface area contributed by atoms with Crippen LogP contribution in [0.2, 0.25) is 0 Å². The minimum atomic E-state index is 0.251. The number of aryl methyl sites for hydroxylation is 1. The van der Waals surface area contributed by atoms with Gasteiger partial charge in [-0.2, -0.15) is 0 Å². The summed E-state index contributed by atoms with van der Waals surface area (Å²) >= 11 is 0. The Bertz CT molecular complexity index is 1080. The summed E-state index contributed by atoms with van der Waals surface area (Å²) in [7, 11) is 0.251. The molecule has 4 rings (SSSR count). The van der Waals surface area contributed by atoms with E-state index in [0.29, 0.717) is 11.5 Å². The van der Waals surface area contributed by atoms with Gasteiger partial charge in [0.15, 0.2) is 0 Å². The van der Waals surface area contributed by atoms with Gasteiger partial charge >= 0.3 is 9.76 Å². The second-order valence-corrected chi connectivity index (χ2v) is 7.53. The van der Waals surface area contributed by atoms with Crippen molar-refractivity contribution in [1.29, 1.82) is 0 Å². The van der Waals surface area contributed by atoms with E-state index in [2.05, 4.69) is 12.1 Å². The monoisotopic (exact) mass is 396 g/mol. The van der Waals surface area contributed by atoms with Gasteiger partial charge in [-0.1, -0.05) is 54.6 Å². The van der Waals surface area contributed by atoms with Crippen LogP contribution in [0.15, 0.2) is 103 Å². The second-order valence-electron chi connectivity index (χ2n) is 6.54. The summed E-state index contributed by atoms with van der Waals surface area (Å²) in [5.41, 5.74) is 1.16. The Morgan fingerprint density at radius 1 is 0.517 bits per heavy atom. The molecule has 4 aromatic carbocycles. The van der Waals surface area contributed by atoms with Crippen LogP contribution >= 0.6 is 0 Å². The quantitative estimate of drug-likeness (QED) is 0.364. The van der Waals surface area contributed by atoms with Crippen molar-refractivity contribution in [2.75, 3.05) is 0 Å². The minimum absolute atomic E-state index is 0.251. The van der Waals surface area contributed by atoms with Crippen molar-refractivity contribution in [2.45, 2.75) is 6.92 Å². The van der Waals surface area contributed by atoms with E-state index in [-0.39, 0.29) is 9.76 Å². The van der Waals surface area contributed by atoms with Crippen LogP contribution in [0.1, 0.15) is 5.56 Å². The van der Waals surface area contributed by atoms with Gasteiger partial charge in [0.2, 0.25) is 0 Å². The molecule has 0 bridgehead atoms. The van der Waals surface area contributed by atoms with Crippen LogP contribution in [0.5, 0.6) is 28.7 Å². The van der Waals surface area contributed by atoms with Gasteiger partial charge in [-0.05, 0) is 54.1 Å². The molecule has 29 heavy (non-hydrogen) atoms. The Labute approximate surface area is 173 Å². The summed E-state index contributed by atoms with van der Waals surface area (Å²) in [5, 5.41) is 1.15. The maximum atomic E-state index is 6.02. The third-order valence-corrected chi connectivity index (χ3v) is 5.04. The van der Waals surface area contributed by atoms with Gasteiger partial charge in [0.05, 0.1) is 0 Å². The van der Waals surface area contributed by atoms with Crippen LogP contribution in [0.4, 0.5) is 0 Å². The molecule has 142 valence electrons. The molecule has 0 aliphatic carbocycles. The summed E-state index contributed by atoms with van der Waals surface area (Å²) in [4.78, 5) is 0. The standard InChI is InChI=1S/C25H20O3Si/c1-19-8-5-9-20(16-19)26-21-10-6-11-22(17-21)27-23-12-7-13-24(18-23)28-29-25-14-3-2-4-15-25/h2-18H,1H3. The van der Waals surface area contributed by atoms with Crippen molar-refractivity contribution in [3.05, 3.63) is 109 Å². The normalized spacial score (nSPS) is 10.4. The molecule has 0 aromatic heterocycles. The van der Waals surface area contributed by atoms with Crippen molar-refractivity contribution in [3.63, 3.8) is 0 Å². The first-order chi connectivity index (χ1) is 14.2. The summed E-state index contributed by atoms with van der Waals surface area (Å²) < 4.78 is 17.9. The van der Waals surface area contributed by atoms with E-state index >= 15 is 0 Å². The number of rotatable bonds is 7. The fraction of sp³-hybridized carbons (Fsp3) is 0.0400. The van der Waals surface area contributed by atoms with E-state index in [1.54, 1.807) is 0 Å². The molecule has 4 heteroatoms. The highest BCUT2D eigenvalue weighted by molar-refractivity contribution is 6.47. The van der Waals surface area contributed by atoms with E-state index in [1.165, 1.54) is 0 Å². The van der Waals surface area contributed by atoms with E-state index in [9.17, 15) is 0 Å². The van der Waals surface area contributed by atoms with Crippen LogP contribution in [-0.2, 0) is 0 Å². The van der Waals surface area contributed by atoms with E-state index in [1.807, 2.05) is 97.9 Å². The highest BCUT2D eigenvalue weighted by Gasteiger charge is 2.04. The molecule has 0 spiro atoms. The van der Waals surface area contributed by atoms with E-state index in [0.717, 1.165) is 28.0 Å². The maximum Gasteiger partial charge on any atom is 0.351 e. The molecule has 0 aliphatic rings. The minimum Gasteiger partial charge on any atom is -0.536 e. The Morgan fingerprint density at radius 2 is 1.03 bits per heavy atom. The molecule has 3 nitrogen and oxygen atoms in total. The zero-order valence-electron chi connectivity index (χ0n) is 16.0. The molecule has 0 amide bonds. The van der Waals surface area contributed by atoms with Crippen molar-refractivity contribution in [2.24, 2.45) is 0 Å². The summed E-state index contributed by atoms with van der Waals surface area (Å²) in [5.74, 6) is 3.73. The zero-order chi connectivity index (χ0) is 19.9. The molecule has 0 saturated heterocycles. The molecule has 4 aromatic rings. The van der Waals surface area contributed by atoms with Gasteiger partial charge in [0.1, 0.15) is 28.7 Å². The van der Waals surface area contributed by atoms with Gasteiger partial charge in [0, 0.05) is 12.1 Å². The lowest BCUT2D eigenvalue weighted by Gasteiger charge is -2.11. The summed E-state index contributed by atoms with van der Waals surface area (Å²) in [6.45, 7) is 2.04. The predicted molar refractivity (Wildman–Crippen MR) is 117 cm³/mol. The van der Waals surface area contributed by atoms with Gasteiger partial charge in [-0.15, -0.1) is 0 Å². The third kappa shape index (κ3) is 5.50. The first kappa shape index (κ1) is 18.8. The van der Waals surface area contributed by atoms with E-state index in [4.69, 9.17) is 13.9 Å². The predicted octanol–water partition coefficient (Wildman–Crippen LogP) is 5.90. The Hall–Kier alpha value is -3.50. The first-order valence-electron chi connectivity index (χ1n) is 9.35. The number of ether oxygens (including phenoxy) is 2. The lowest BCUT2D eigenvalue weighted by atomic mass is 10.2. The lowest BCUT2D eigenvalue weighted by molar-refractivity contribution is 0.458. The highest BCUT2D eigenvalue weighted by Crippen LogP contribution is 2.30. The fourth-order valence-corrected chi connectivity index (χ4v) is 3.47. The van der Waals surface area contributed by atoms with Gasteiger partial charge in [-0.25, -0.2) is 0 Å². The average Bonchev–Trinajstić information content (AvgIpc) is 2.74. The van der Waals surface area contributed by atoms with Crippen LogP contribution < -0.4 is 19.1 Å². The average molecular weight is 397 g/mol. The van der Waals surface area contributed by atoms with Crippen LogP contribution in [0.3, 0.4) is 0 Å². The van der Waals surface area contributed by atoms with Gasteiger partial charge < -0.3 is 13.9 Å². The van der Waals surface area contributed by atoms with Crippen molar-refractivity contribution < 1.29 is 13.9 Å². The molecule has 0 aliphatic heterocycles. The largest absolute Gasteiger partial charge is 0.536 e. The molecule has 2 radical (unpaired) electrons. The summed E-state index contributed by atoms with van der Waals surface area (Å²) in [6.07, 6.45) is 0. The van der Waals surface area contributed by atoms with Crippen molar-refractivity contribution in [1.82, 2.24) is 0 Å². The highest BCUT2D eigenvalue weighted by atomic mass is 28.2. The van der Waals surface area contributed by atoms with Crippen LogP contribution in [0.25, 0.3) is 0 Å². The second kappa shape index (κ2) is 9.13. The molecule has 0 saturated carbocycles. The molecule has 0 N–H and O–H groups in total. The van der Waals surface area contributed by atoms with E-state index < -0.39 is 0 Å². The number of benzene rings is 4. The Balaban J connectivity index is 1.42. The Morgan fingerprint density at radius 3 is 1.66 bits per heavy atom. The SMILES string of the molecule is Cc1cccc(Oc2cccc(Oc3cccc(O[Si]c4ccccc4)c3)c2)c1. The smallest absolute Gasteiger partial charge is 0.351 e.